The van der Waals surface area contributed by atoms with Gasteiger partial charge in [-0.2, -0.15) is 13.2 Å². The first-order valence-corrected chi connectivity index (χ1v) is 10.4. The molecule has 0 fully saturated rings. The van der Waals surface area contributed by atoms with Crippen LogP contribution in [0.4, 0.5) is 13.2 Å². The lowest BCUT2D eigenvalue weighted by atomic mass is 10.0. The molecule has 0 rings (SSSR count). The monoisotopic (exact) mass is 381 g/mol. The predicted octanol–water partition coefficient (Wildman–Crippen LogP) is 6.46. The van der Waals surface area contributed by atoms with Crippen LogP contribution < -0.4 is 5.32 Å². The van der Waals surface area contributed by atoms with Gasteiger partial charge in [-0.15, -0.1) is 0 Å². The number of halogens is 3. The van der Waals surface area contributed by atoms with Crippen LogP contribution in [0.5, 0.6) is 0 Å². The molecule has 0 heterocycles. The molecule has 0 aliphatic heterocycles. The summed E-state index contributed by atoms with van der Waals surface area (Å²) in [6.45, 7) is 2.93. The van der Waals surface area contributed by atoms with Crippen molar-refractivity contribution in [3.05, 3.63) is 0 Å². The SMILES string of the molecule is CCCCCCCCCCNC(CCCCCCCC(F)(F)F)C(=O)O. The lowest BCUT2D eigenvalue weighted by molar-refractivity contribution is -0.140. The van der Waals surface area contributed by atoms with Crippen molar-refractivity contribution in [1.82, 2.24) is 5.32 Å². The number of carboxylic acid groups (broad SMARTS) is 1. The fourth-order valence-electron chi connectivity index (χ4n) is 3.05. The summed E-state index contributed by atoms with van der Waals surface area (Å²) in [4.78, 5) is 11.3. The molecule has 0 amide bonds. The van der Waals surface area contributed by atoms with Crippen LogP contribution in [0.15, 0.2) is 0 Å². The quantitative estimate of drug-likeness (QED) is 0.268. The van der Waals surface area contributed by atoms with Crippen LogP contribution in [-0.2, 0) is 4.79 Å². The summed E-state index contributed by atoms with van der Waals surface area (Å²) in [5.41, 5.74) is 0. The van der Waals surface area contributed by atoms with E-state index in [-0.39, 0.29) is 6.42 Å². The third kappa shape index (κ3) is 18.0. The predicted molar refractivity (Wildman–Crippen MR) is 100 cm³/mol. The number of alkyl halides is 3. The molecule has 0 radical (unpaired) electrons. The maximum atomic E-state index is 12.0. The molecular weight excluding hydrogens is 343 g/mol. The maximum Gasteiger partial charge on any atom is 0.389 e. The van der Waals surface area contributed by atoms with E-state index in [1.54, 1.807) is 0 Å². The Morgan fingerprint density at radius 3 is 1.88 bits per heavy atom. The van der Waals surface area contributed by atoms with Gasteiger partial charge in [-0.3, -0.25) is 4.79 Å². The smallest absolute Gasteiger partial charge is 0.389 e. The van der Waals surface area contributed by atoms with Gasteiger partial charge in [0.2, 0.25) is 0 Å². The summed E-state index contributed by atoms with van der Waals surface area (Å²) in [7, 11) is 0. The fraction of sp³-hybridized carbons (Fsp3) is 0.950. The van der Waals surface area contributed by atoms with E-state index in [0.29, 0.717) is 12.8 Å². The van der Waals surface area contributed by atoms with Crippen molar-refractivity contribution >= 4 is 5.97 Å². The van der Waals surface area contributed by atoms with Crippen LogP contribution >= 0.6 is 0 Å². The number of rotatable bonds is 18. The molecule has 0 aromatic rings. The molecule has 0 bridgehead atoms. The highest BCUT2D eigenvalue weighted by Crippen LogP contribution is 2.23. The number of carboxylic acids is 1. The maximum absolute atomic E-state index is 12.0. The Kier molecular flexibility index (Phi) is 15.9. The average molecular weight is 382 g/mol. The van der Waals surface area contributed by atoms with E-state index in [9.17, 15) is 23.1 Å². The number of hydrogen-bond donors (Lipinski definition) is 2. The van der Waals surface area contributed by atoms with Gasteiger partial charge in [-0.1, -0.05) is 77.6 Å². The summed E-state index contributed by atoms with van der Waals surface area (Å²) in [6.07, 6.45) is 8.54. The Morgan fingerprint density at radius 1 is 0.846 bits per heavy atom. The lowest BCUT2D eigenvalue weighted by Gasteiger charge is -2.14. The number of aliphatic carboxylic acids is 1. The van der Waals surface area contributed by atoms with E-state index < -0.39 is 24.6 Å². The van der Waals surface area contributed by atoms with Crippen molar-refractivity contribution < 1.29 is 23.1 Å². The summed E-state index contributed by atoms with van der Waals surface area (Å²) < 4.78 is 36.1. The van der Waals surface area contributed by atoms with Gasteiger partial charge in [0.15, 0.2) is 0 Å². The Balaban J connectivity index is 3.55. The molecule has 6 heteroatoms. The van der Waals surface area contributed by atoms with Crippen LogP contribution in [0.3, 0.4) is 0 Å². The minimum atomic E-state index is -4.06. The van der Waals surface area contributed by atoms with Gasteiger partial charge in [-0.25, -0.2) is 0 Å². The molecule has 3 nitrogen and oxygen atoms in total. The molecule has 2 N–H and O–H groups in total. The van der Waals surface area contributed by atoms with Gasteiger partial charge in [0.25, 0.3) is 0 Å². The van der Waals surface area contributed by atoms with E-state index in [1.807, 2.05) is 0 Å². The molecule has 0 aromatic heterocycles. The van der Waals surface area contributed by atoms with E-state index in [1.165, 1.54) is 38.5 Å². The third-order valence-electron chi connectivity index (χ3n) is 4.67. The topological polar surface area (TPSA) is 49.3 Å². The van der Waals surface area contributed by atoms with Crippen molar-refractivity contribution in [3.63, 3.8) is 0 Å². The van der Waals surface area contributed by atoms with Crippen molar-refractivity contribution in [2.75, 3.05) is 6.54 Å². The van der Waals surface area contributed by atoms with Gasteiger partial charge in [0.1, 0.15) is 6.04 Å². The standard InChI is InChI=1S/C20H38F3NO2/c1-2-3-4-5-6-7-11-14-17-24-18(19(25)26)15-12-9-8-10-13-16-20(21,22)23/h18,24H,2-17H2,1H3,(H,25,26). The Morgan fingerprint density at radius 2 is 1.35 bits per heavy atom. The summed E-state index contributed by atoms with van der Waals surface area (Å²) in [5.74, 6) is -0.832. The van der Waals surface area contributed by atoms with Crippen LogP contribution in [0, 0.1) is 0 Å². The highest BCUT2D eigenvalue weighted by atomic mass is 19.4. The van der Waals surface area contributed by atoms with Crippen LogP contribution in [-0.4, -0.2) is 29.8 Å². The van der Waals surface area contributed by atoms with Gasteiger partial charge in [0, 0.05) is 6.42 Å². The van der Waals surface area contributed by atoms with E-state index in [4.69, 9.17) is 0 Å². The summed E-state index contributed by atoms with van der Waals surface area (Å²) in [5, 5.41) is 12.3. The first kappa shape index (κ1) is 25.2. The van der Waals surface area contributed by atoms with Crippen LogP contribution in [0.2, 0.25) is 0 Å². The van der Waals surface area contributed by atoms with Gasteiger partial charge in [0.05, 0.1) is 0 Å². The molecule has 1 atom stereocenters. The number of unbranched alkanes of at least 4 members (excludes halogenated alkanes) is 11. The molecule has 0 saturated heterocycles. The normalized spacial score (nSPS) is 13.1. The largest absolute Gasteiger partial charge is 0.480 e. The Labute approximate surface area is 157 Å². The molecular formula is C20H38F3NO2. The second kappa shape index (κ2) is 16.4. The van der Waals surface area contributed by atoms with E-state index >= 15 is 0 Å². The third-order valence-corrected chi connectivity index (χ3v) is 4.67. The Bertz CT molecular complexity index is 336. The van der Waals surface area contributed by atoms with Crippen LogP contribution in [0.1, 0.15) is 103 Å². The molecule has 0 aliphatic rings. The molecule has 0 saturated carbocycles. The molecule has 0 aliphatic carbocycles. The molecule has 0 spiro atoms. The summed E-state index contributed by atoms with van der Waals surface area (Å²) >= 11 is 0. The molecule has 0 aromatic carbocycles. The number of hydrogen-bond acceptors (Lipinski definition) is 2. The van der Waals surface area contributed by atoms with Gasteiger partial charge in [-0.05, 0) is 25.8 Å². The molecule has 156 valence electrons. The van der Waals surface area contributed by atoms with Crippen molar-refractivity contribution in [2.24, 2.45) is 0 Å². The zero-order valence-corrected chi connectivity index (χ0v) is 16.4. The van der Waals surface area contributed by atoms with Crippen molar-refractivity contribution in [2.45, 2.75) is 115 Å². The summed E-state index contributed by atoms with van der Waals surface area (Å²) in [6, 6.07) is -0.533. The van der Waals surface area contributed by atoms with E-state index in [0.717, 1.165) is 38.6 Å². The Hall–Kier alpha value is -0.780. The lowest BCUT2D eigenvalue weighted by Crippen LogP contribution is -2.37. The van der Waals surface area contributed by atoms with Crippen LogP contribution in [0.25, 0.3) is 0 Å². The number of nitrogens with one attached hydrogen (secondary N) is 1. The fourth-order valence-corrected chi connectivity index (χ4v) is 3.05. The molecule has 1 unspecified atom stereocenters. The van der Waals surface area contributed by atoms with Crippen molar-refractivity contribution in [3.8, 4) is 0 Å². The number of carbonyl (C=O) groups is 1. The highest BCUT2D eigenvalue weighted by molar-refractivity contribution is 5.73. The first-order chi connectivity index (χ1) is 12.4. The minimum Gasteiger partial charge on any atom is -0.480 e. The minimum absolute atomic E-state index is 0.169. The second-order valence-electron chi connectivity index (χ2n) is 7.24. The highest BCUT2D eigenvalue weighted by Gasteiger charge is 2.25. The van der Waals surface area contributed by atoms with Crippen molar-refractivity contribution in [1.29, 1.82) is 0 Å². The first-order valence-electron chi connectivity index (χ1n) is 10.4. The zero-order chi connectivity index (χ0) is 19.7. The van der Waals surface area contributed by atoms with Gasteiger partial charge >= 0.3 is 12.1 Å². The zero-order valence-electron chi connectivity index (χ0n) is 16.4. The average Bonchev–Trinajstić information content (AvgIpc) is 2.56. The van der Waals surface area contributed by atoms with Gasteiger partial charge < -0.3 is 10.4 Å². The molecule has 26 heavy (non-hydrogen) atoms. The van der Waals surface area contributed by atoms with E-state index in [2.05, 4.69) is 12.2 Å². The second-order valence-corrected chi connectivity index (χ2v) is 7.24.